The van der Waals surface area contributed by atoms with Crippen LogP contribution >= 0.6 is 12.2 Å². The normalized spacial score (nSPS) is 10.2. The lowest BCUT2D eigenvalue weighted by atomic mass is 10.1. The number of nitrogens with one attached hydrogen (secondary N) is 4. The van der Waals surface area contributed by atoms with E-state index in [1.54, 1.807) is 6.92 Å². The first-order chi connectivity index (χ1) is 13.7. The summed E-state index contributed by atoms with van der Waals surface area (Å²) < 4.78 is 4.63. The fraction of sp³-hybridized carbons (Fsp3) is 0.316. The van der Waals surface area contributed by atoms with Crippen LogP contribution in [0.15, 0.2) is 30.4 Å². The molecule has 0 saturated heterocycles. The maximum Gasteiger partial charge on any atom is 0.330 e. The van der Waals surface area contributed by atoms with Crippen LogP contribution in [0.4, 0.5) is 5.69 Å². The van der Waals surface area contributed by atoms with E-state index in [9.17, 15) is 19.2 Å². The molecule has 9 nitrogen and oxygen atoms in total. The van der Waals surface area contributed by atoms with Crippen LogP contribution in [0.3, 0.4) is 0 Å². The van der Waals surface area contributed by atoms with Crippen LogP contribution in [0.25, 0.3) is 0 Å². The van der Waals surface area contributed by atoms with E-state index < -0.39 is 17.8 Å². The smallest absolute Gasteiger partial charge is 0.330 e. The molecule has 0 unspecified atom stereocenters. The molecule has 0 aliphatic carbocycles. The maximum atomic E-state index is 12.0. The minimum Gasteiger partial charge on any atom is -0.463 e. The van der Waals surface area contributed by atoms with Crippen molar-refractivity contribution in [3.05, 3.63) is 41.5 Å². The van der Waals surface area contributed by atoms with Crippen molar-refractivity contribution in [1.82, 2.24) is 16.2 Å². The fourth-order valence-corrected chi connectivity index (χ4v) is 2.17. The van der Waals surface area contributed by atoms with E-state index in [0.29, 0.717) is 5.69 Å². The van der Waals surface area contributed by atoms with Gasteiger partial charge in [0.05, 0.1) is 6.61 Å². The van der Waals surface area contributed by atoms with Gasteiger partial charge < -0.3 is 10.1 Å². The van der Waals surface area contributed by atoms with E-state index in [1.165, 1.54) is 0 Å². The zero-order chi connectivity index (χ0) is 21.8. The van der Waals surface area contributed by atoms with E-state index in [-0.39, 0.29) is 30.5 Å². The van der Waals surface area contributed by atoms with Crippen molar-refractivity contribution in [3.63, 3.8) is 0 Å². The molecule has 29 heavy (non-hydrogen) atoms. The molecule has 0 aliphatic rings. The summed E-state index contributed by atoms with van der Waals surface area (Å²) in [6.07, 6.45) is 1.80. The van der Waals surface area contributed by atoms with Crippen molar-refractivity contribution in [2.45, 2.75) is 33.6 Å². The van der Waals surface area contributed by atoms with Gasteiger partial charge in [0, 0.05) is 30.7 Å². The average Bonchev–Trinajstić information content (AvgIpc) is 2.66. The first-order valence-corrected chi connectivity index (χ1v) is 9.23. The van der Waals surface area contributed by atoms with Crippen molar-refractivity contribution in [2.75, 3.05) is 11.9 Å². The Morgan fingerprint density at radius 2 is 1.72 bits per heavy atom. The third-order valence-corrected chi connectivity index (χ3v) is 3.66. The topological polar surface area (TPSA) is 126 Å². The number of carbonyl (C=O) groups excluding carboxylic acids is 4. The Hall–Kier alpha value is -3.27. The van der Waals surface area contributed by atoms with Crippen LogP contribution in [0.2, 0.25) is 0 Å². The van der Waals surface area contributed by atoms with Gasteiger partial charge in [-0.3, -0.25) is 30.6 Å². The molecule has 0 saturated carbocycles. The molecular weight excluding hydrogens is 396 g/mol. The lowest BCUT2D eigenvalue weighted by molar-refractivity contribution is -0.137. The van der Waals surface area contributed by atoms with Crippen LogP contribution in [0.5, 0.6) is 0 Å². The largest absolute Gasteiger partial charge is 0.463 e. The molecule has 4 N–H and O–H groups in total. The molecule has 10 heteroatoms. The molecular formula is C19H24N4O5S. The van der Waals surface area contributed by atoms with Crippen molar-refractivity contribution in [1.29, 1.82) is 0 Å². The molecule has 3 amide bonds. The molecule has 1 rings (SSSR count). The summed E-state index contributed by atoms with van der Waals surface area (Å²) in [6, 6.07) is 5.70. The Morgan fingerprint density at radius 3 is 2.41 bits per heavy atom. The second-order valence-electron chi connectivity index (χ2n) is 5.94. The van der Waals surface area contributed by atoms with Gasteiger partial charge in [0.1, 0.15) is 0 Å². The van der Waals surface area contributed by atoms with Gasteiger partial charge in [-0.05, 0) is 50.2 Å². The van der Waals surface area contributed by atoms with E-state index >= 15 is 0 Å². The summed E-state index contributed by atoms with van der Waals surface area (Å²) in [5.74, 6) is -2.11. The van der Waals surface area contributed by atoms with Crippen LogP contribution in [0, 0.1) is 13.8 Å². The minimum absolute atomic E-state index is 0.0255. The molecule has 156 valence electrons. The van der Waals surface area contributed by atoms with E-state index in [1.807, 2.05) is 32.0 Å². The number of hydrogen-bond acceptors (Lipinski definition) is 6. The molecule has 1 aromatic carbocycles. The lowest BCUT2D eigenvalue weighted by Crippen LogP contribution is -2.48. The van der Waals surface area contributed by atoms with E-state index in [4.69, 9.17) is 12.2 Å². The van der Waals surface area contributed by atoms with Crippen LogP contribution in [-0.2, 0) is 23.9 Å². The summed E-state index contributed by atoms with van der Waals surface area (Å²) >= 11 is 4.84. The van der Waals surface area contributed by atoms with Crippen molar-refractivity contribution in [3.8, 4) is 0 Å². The highest BCUT2D eigenvalue weighted by Crippen LogP contribution is 2.16. The van der Waals surface area contributed by atoms with Crippen molar-refractivity contribution < 1.29 is 23.9 Å². The minimum atomic E-state index is -0.669. The Bertz CT molecular complexity index is 823. The van der Waals surface area contributed by atoms with Gasteiger partial charge >= 0.3 is 5.97 Å². The van der Waals surface area contributed by atoms with Gasteiger partial charge in [-0.25, -0.2) is 4.79 Å². The number of thiocarbonyl (C=S) groups is 1. The molecule has 0 aromatic heterocycles. The van der Waals surface area contributed by atoms with Gasteiger partial charge in [0.25, 0.3) is 0 Å². The van der Waals surface area contributed by atoms with Gasteiger partial charge in [0.2, 0.25) is 17.7 Å². The lowest BCUT2D eigenvalue weighted by Gasteiger charge is -2.11. The van der Waals surface area contributed by atoms with Gasteiger partial charge in [0.15, 0.2) is 5.11 Å². The predicted octanol–water partition coefficient (Wildman–Crippen LogP) is 1.16. The second-order valence-corrected chi connectivity index (χ2v) is 6.35. The number of benzene rings is 1. The van der Waals surface area contributed by atoms with Crippen LogP contribution in [0.1, 0.15) is 30.9 Å². The van der Waals surface area contributed by atoms with Crippen molar-refractivity contribution in [2.24, 2.45) is 0 Å². The molecule has 1 aromatic rings. The number of aryl methyl sites for hydroxylation is 2. The Labute approximate surface area is 174 Å². The second kappa shape index (κ2) is 12.2. The van der Waals surface area contributed by atoms with Gasteiger partial charge in [-0.2, -0.15) is 0 Å². The highest BCUT2D eigenvalue weighted by molar-refractivity contribution is 7.80. The van der Waals surface area contributed by atoms with E-state index in [2.05, 4.69) is 26.2 Å². The molecule has 0 aliphatic heterocycles. The molecule has 0 atom stereocenters. The summed E-state index contributed by atoms with van der Waals surface area (Å²) in [5.41, 5.74) is 7.25. The highest BCUT2D eigenvalue weighted by Gasteiger charge is 2.09. The Balaban J connectivity index is 2.31. The summed E-state index contributed by atoms with van der Waals surface area (Å²) in [6.45, 7) is 5.63. The first kappa shape index (κ1) is 23.8. The first-order valence-electron chi connectivity index (χ1n) is 8.83. The zero-order valence-corrected chi connectivity index (χ0v) is 17.3. The maximum absolute atomic E-state index is 12.0. The SMILES string of the molecule is CCOC(=O)C=CC(=O)NC(=S)NNC(=O)CCC(=O)Nc1cc(C)ccc1C. The zero-order valence-electron chi connectivity index (χ0n) is 16.5. The van der Waals surface area contributed by atoms with Gasteiger partial charge in [-0.1, -0.05) is 12.1 Å². The fourth-order valence-electron chi connectivity index (χ4n) is 2.02. The number of esters is 1. The molecule has 0 heterocycles. The van der Waals surface area contributed by atoms with E-state index in [0.717, 1.165) is 23.3 Å². The number of anilines is 1. The number of rotatable bonds is 7. The van der Waals surface area contributed by atoms with Crippen LogP contribution < -0.4 is 21.5 Å². The molecule has 0 fully saturated rings. The number of hydrazine groups is 1. The number of ether oxygens (including phenoxy) is 1. The number of amides is 3. The highest BCUT2D eigenvalue weighted by atomic mass is 32.1. The standard InChI is InChI=1S/C19H24N4O5S/c1-4-28-18(27)10-9-16(25)21-19(29)23-22-17(26)8-7-15(24)20-14-11-12(2)5-6-13(14)3/h5-6,9-11H,4,7-8H2,1-3H3,(H,20,24)(H,22,26)(H2,21,23,25,29). The quantitative estimate of drug-likeness (QED) is 0.226. The summed E-state index contributed by atoms with van der Waals surface area (Å²) in [5, 5.41) is 4.83. The summed E-state index contributed by atoms with van der Waals surface area (Å²) in [7, 11) is 0. The van der Waals surface area contributed by atoms with Crippen LogP contribution in [-0.4, -0.2) is 35.4 Å². The number of hydrogen-bond donors (Lipinski definition) is 4. The Morgan fingerprint density at radius 1 is 1.03 bits per heavy atom. The monoisotopic (exact) mass is 420 g/mol. The Kier molecular flexibility index (Phi) is 10.0. The predicted molar refractivity (Wildman–Crippen MR) is 112 cm³/mol. The molecule has 0 radical (unpaired) electrons. The van der Waals surface area contributed by atoms with Gasteiger partial charge in [-0.15, -0.1) is 0 Å². The third kappa shape index (κ3) is 10.0. The average molecular weight is 420 g/mol. The third-order valence-electron chi connectivity index (χ3n) is 3.46. The molecule has 0 bridgehead atoms. The number of carbonyl (C=O) groups is 4. The summed E-state index contributed by atoms with van der Waals surface area (Å²) in [4.78, 5) is 46.4. The molecule has 0 spiro atoms. The van der Waals surface area contributed by atoms with Crippen molar-refractivity contribution >= 4 is 46.7 Å².